The Hall–Kier alpha value is -1.89. The normalized spacial score (nSPS) is 19.9. The van der Waals surface area contributed by atoms with E-state index in [1.165, 1.54) is 11.3 Å². The van der Waals surface area contributed by atoms with E-state index in [4.69, 9.17) is 10.7 Å². The van der Waals surface area contributed by atoms with E-state index in [0.717, 1.165) is 56.2 Å². The lowest BCUT2D eigenvalue weighted by atomic mass is 9.86. The molecular weight excluding hydrogens is 372 g/mol. The molecule has 6 nitrogen and oxygen atoms in total. The Bertz CT molecular complexity index is 700. The maximum Gasteiger partial charge on any atom is 0.263 e. The highest BCUT2D eigenvalue weighted by Gasteiger charge is 2.49. The molecular formula is C21H32N4O2S. The first-order chi connectivity index (χ1) is 13.5. The quantitative estimate of drug-likeness (QED) is 0.718. The van der Waals surface area contributed by atoms with Crippen molar-refractivity contribution >= 4 is 29.1 Å². The Kier molecular flexibility index (Phi) is 6.75. The van der Waals surface area contributed by atoms with Crippen LogP contribution in [0.15, 0.2) is 22.5 Å². The fraction of sp³-hybridized carbons (Fsp3) is 0.667. The van der Waals surface area contributed by atoms with Crippen LogP contribution in [0, 0.1) is 0 Å². The Labute approximate surface area is 171 Å². The molecule has 2 N–H and O–H groups in total. The molecule has 0 spiro atoms. The summed E-state index contributed by atoms with van der Waals surface area (Å²) < 4.78 is 0. The fourth-order valence-corrected chi connectivity index (χ4v) is 4.97. The van der Waals surface area contributed by atoms with Gasteiger partial charge in [0.15, 0.2) is 5.96 Å². The number of unbranched alkanes of at least 4 members (excludes halogenated alkanes) is 2. The number of hydrogen-bond acceptors (Lipinski definition) is 5. The molecule has 2 aliphatic rings. The largest absolute Gasteiger partial charge is 0.369 e. The summed E-state index contributed by atoms with van der Waals surface area (Å²) in [4.78, 5) is 35.1. The van der Waals surface area contributed by atoms with Crippen molar-refractivity contribution in [1.82, 2.24) is 9.80 Å². The zero-order chi connectivity index (χ0) is 20.1. The third-order valence-corrected chi connectivity index (χ3v) is 6.79. The molecule has 0 aromatic carbocycles. The molecule has 0 saturated carbocycles. The molecule has 154 valence electrons. The standard InChI is InChI=1S/C21H32N4O2S/c1-3-5-11-21(12-6-4-2)19(27)25(20(22)23-21)16-9-13-24(14-10-16)18(26)17-8-7-15-28-17/h7-8,15-16H,3-6,9-14H2,1-2H3,(H2,22,23). The molecule has 3 heterocycles. The molecule has 2 amide bonds. The molecule has 1 saturated heterocycles. The number of hydrogen-bond donors (Lipinski definition) is 1. The van der Waals surface area contributed by atoms with Crippen molar-refractivity contribution in [2.45, 2.75) is 76.8 Å². The lowest BCUT2D eigenvalue weighted by Crippen LogP contribution is -2.53. The van der Waals surface area contributed by atoms with E-state index < -0.39 is 5.54 Å². The van der Waals surface area contributed by atoms with Gasteiger partial charge in [-0.1, -0.05) is 45.6 Å². The summed E-state index contributed by atoms with van der Waals surface area (Å²) in [7, 11) is 0. The molecule has 0 radical (unpaired) electrons. The smallest absolute Gasteiger partial charge is 0.263 e. The number of amides is 2. The van der Waals surface area contributed by atoms with Gasteiger partial charge in [0.1, 0.15) is 5.54 Å². The van der Waals surface area contributed by atoms with Crippen LogP contribution in [0.3, 0.4) is 0 Å². The van der Waals surface area contributed by atoms with Gasteiger partial charge in [0, 0.05) is 19.1 Å². The molecule has 0 unspecified atom stereocenters. The van der Waals surface area contributed by atoms with Gasteiger partial charge in [-0.05, 0) is 37.1 Å². The van der Waals surface area contributed by atoms with Crippen LogP contribution < -0.4 is 5.73 Å². The summed E-state index contributed by atoms with van der Waals surface area (Å²) in [5.74, 6) is 0.540. The number of guanidine groups is 1. The van der Waals surface area contributed by atoms with Gasteiger partial charge >= 0.3 is 0 Å². The molecule has 0 atom stereocenters. The number of carbonyl (C=O) groups is 2. The summed E-state index contributed by atoms with van der Waals surface area (Å²) in [5.41, 5.74) is 5.60. The first kappa shape index (κ1) is 20.8. The van der Waals surface area contributed by atoms with E-state index in [1.807, 2.05) is 22.4 Å². The van der Waals surface area contributed by atoms with Gasteiger partial charge in [-0.15, -0.1) is 11.3 Å². The molecule has 2 aliphatic heterocycles. The molecule has 1 aromatic rings. The molecule has 7 heteroatoms. The molecule has 1 fully saturated rings. The summed E-state index contributed by atoms with van der Waals surface area (Å²) in [6, 6.07) is 3.80. The first-order valence-corrected chi connectivity index (χ1v) is 11.4. The molecule has 1 aromatic heterocycles. The fourth-order valence-electron chi connectivity index (χ4n) is 4.27. The van der Waals surface area contributed by atoms with E-state index >= 15 is 0 Å². The number of carbonyl (C=O) groups excluding carboxylic acids is 2. The highest BCUT2D eigenvalue weighted by molar-refractivity contribution is 7.12. The second-order valence-corrected chi connectivity index (χ2v) is 8.83. The number of thiophene rings is 1. The van der Waals surface area contributed by atoms with Crippen molar-refractivity contribution < 1.29 is 9.59 Å². The number of nitrogens with zero attached hydrogens (tertiary/aromatic N) is 3. The minimum atomic E-state index is -0.667. The van der Waals surface area contributed by atoms with Gasteiger partial charge in [-0.2, -0.15) is 0 Å². The van der Waals surface area contributed by atoms with Crippen molar-refractivity contribution in [2.75, 3.05) is 13.1 Å². The summed E-state index contributed by atoms with van der Waals surface area (Å²) in [5, 5.41) is 1.92. The van der Waals surface area contributed by atoms with Gasteiger partial charge in [-0.25, -0.2) is 4.99 Å². The van der Waals surface area contributed by atoms with E-state index in [2.05, 4.69) is 13.8 Å². The SMILES string of the molecule is CCCCC1(CCCC)N=C(N)N(C2CCN(C(=O)c3cccs3)CC2)C1=O. The highest BCUT2D eigenvalue weighted by atomic mass is 32.1. The van der Waals surface area contributed by atoms with Gasteiger partial charge in [-0.3, -0.25) is 14.5 Å². The molecule has 0 aliphatic carbocycles. The zero-order valence-electron chi connectivity index (χ0n) is 17.0. The number of nitrogens with two attached hydrogens (primary N) is 1. The number of likely N-dealkylation sites (tertiary alicyclic amines) is 1. The summed E-state index contributed by atoms with van der Waals surface area (Å²) in [6.45, 7) is 5.57. The van der Waals surface area contributed by atoms with Crippen LogP contribution in [0.25, 0.3) is 0 Å². The maximum absolute atomic E-state index is 13.4. The van der Waals surface area contributed by atoms with Crippen LogP contribution in [0.4, 0.5) is 0 Å². The second kappa shape index (κ2) is 9.07. The Morgan fingerprint density at radius 2 is 1.89 bits per heavy atom. The van der Waals surface area contributed by atoms with Crippen LogP contribution in [0.1, 0.15) is 74.9 Å². The van der Waals surface area contributed by atoms with Gasteiger partial charge in [0.2, 0.25) is 0 Å². The average molecular weight is 405 g/mol. The summed E-state index contributed by atoms with van der Waals surface area (Å²) in [6.07, 6.45) is 7.08. The number of piperidine rings is 1. The molecule has 0 bridgehead atoms. The predicted octanol–water partition coefficient (Wildman–Crippen LogP) is 3.63. The average Bonchev–Trinajstić information content (AvgIpc) is 3.32. The van der Waals surface area contributed by atoms with Crippen molar-refractivity contribution in [3.05, 3.63) is 22.4 Å². The first-order valence-electron chi connectivity index (χ1n) is 10.5. The third-order valence-electron chi connectivity index (χ3n) is 5.93. The van der Waals surface area contributed by atoms with Gasteiger partial charge in [0.25, 0.3) is 11.8 Å². The van der Waals surface area contributed by atoms with Crippen LogP contribution in [0.5, 0.6) is 0 Å². The van der Waals surface area contributed by atoms with Crippen molar-refractivity contribution in [3.8, 4) is 0 Å². The number of rotatable bonds is 8. The minimum absolute atomic E-state index is 0.0359. The lowest BCUT2D eigenvalue weighted by Gasteiger charge is -2.37. The highest BCUT2D eigenvalue weighted by Crippen LogP contribution is 2.35. The van der Waals surface area contributed by atoms with Crippen LogP contribution in [-0.2, 0) is 4.79 Å². The van der Waals surface area contributed by atoms with Gasteiger partial charge in [0.05, 0.1) is 4.88 Å². The zero-order valence-corrected chi connectivity index (χ0v) is 17.8. The van der Waals surface area contributed by atoms with E-state index in [-0.39, 0.29) is 17.9 Å². The topological polar surface area (TPSA) is 79.0 Å². The van der Waals surface area contributed by atoms with Crippen molar-refractivity contribution in [3.63, 3.8) is 0 Å². The minimum Gasteiger partial charge on any atom is -0.369 e. The molecule has 3 rings (SSSR count). The third kappa shape index (κ3) is 4.09. The number of aliphatic imine (C=N–C) groups is 1. The Morgan fingerprint density at radius 1 is 1.25 bits per heavy atom. The monoisotopic (exact) mass is 404 g/mol. The Balaban J connectivity index is 1.66. The van der Waals surface area contributed by atoms with Crippen LogP contribution in [-0.4, -0.2) is 52.2 Å². The summed E-state index contributed by atoms with van der Waals surface area (Å²) >= 11 is 1.47. The van der Waals surface area contributed by atoms with Crippen molar-refractivity contribution in [1.29, 1.82) is 0 Å². The lowest BCUT2D eigenvalue weighted by molar-refractivity contribution is -0.134. The van der Waals surface area contributed by atoms with Crippen molar-refractivity contribution in [2.24, 2.45) is 10.7 Å². The van der Waals surface area contributed by atoms with E-state index in [1.54, 1.807) is 4.90 Å². The van der Waals surface area contributed by atoms with E-state index in [9.17, 15) is 9.59 Å². The predicted molar refractivity (Wildman–Crippen MR) is 113 cm³/mol. The maximum atomic E-state index is 13.4. The Morgan fingerprint density at radius 3 is 2.43 bits per heavy atom. The van der Waals surface area contributed by atoms with Gasteiger partial charge < -0.3 is 10.6 Å². The van der Waals surface area contributed by atoms with E-state index in [0.29, 0.717) is 19.0 Å². The van der Waals surface area contributed by atoms with Crippen LogP contribution >= 0.6 is 11.3 Å². The van der Waals surface area contributed by atoms with Crippen LogP contribution in [0.2, 0.25) is 0 Å². The molecule has 28 heavy (non-hydrogen) atoms. The second-order valence-electron chi connectivity index (χ2n) is 7.88.